The highest BCUT2D eigenvalue weighted by molar-refractivity contribution is 4.77. The summed E-state index contributed by atoms with van der Waals surface area (Å²) in [5.74, 6) is 0.786. The van der Waals surface area contributed by atoms with Crippen molar-refractivity contribution in [2.24, 2.45) is 5.92 Å². The number of nitrogens with one attached hydrogen (secondary N) is 1. The van der Waals surface area contributed by atoms with E-state index in [9.17, 15) is 0 Å². The third kappa shape index (κ3) is 4.78. The van der Waals surface area contributed by atoms with Crippen LogP contribution in [0.5, 0.6) is 0 Å². The molecule has 0 radical (unpaired) electrons. The lowest BCUT2D eigenvalue weighted by molar-refractivity contribution is -0.145. The van der Waals surface area contributed by atoms with Crippen molar-refractivity contribution in [2.75, 3.05) is 46.4 Å². The quantitative estimate of drug-likeness (QED) is 0.629. The van der Waals surface area contributed by atoms with Crippen molar-refractivity contribution in [3.8, 4) is 0 Å². The number of rotatable bonds is 8. The fraction of sp³-hybridized carbons (Fsp3) is 1.00. The molecule has 0 saturated carbocycles. The summed E-state index contributed by atoms with van der Waals surface area (Å²) >= 11 is 0. The van der Waals surface area contributed by atoms with Crippen molar-refractivity contribution in [3.05, 3.63) is 0 Å². The van der Waals surface area contributed by atoms with Gasteiger partial charge in [-0.3, -0.25) is 4.90 Å². The van der Waals surface area contributed by atoms with E-state index in [-0.39, 0.29) is 6.29 Å². The molecule has 16 heavy (non-hydrogen) atoms. The third-order valence-corrected chi connectivity index (χ3v) is 2.98. The highest BCUT2D eigenvalue weighted by Crippen LogP contribution is 2.16. The monoisotopic (exact) mass is 230 g/mol. The van der Waals surface area contributed by atoms with Crippen LogP contribution in [0.3, 0.4) is 0 Å². The standard InChI is InChI=1S/C12H26N2O2/c1-4-15-12(16-5-2)10-14-7-6-11(9-14)8-13-3/h11-13H,4-10H2,1-3H3. The van der Waals surface area contributed by atoms with Crippen LogP contribution in [0.15, 0.2) is 0 Å². The number of hydrogen-bond acceptors (Lipinski definition) is 4. The molecule has 0 spiro atoms. The van der Waals surface area contributed by atoms with Crippen LogP contribution < -0.4 is 5.32 Å². The van der Waals surface area contributed by atoms with Crippen LogP contribution in [0.4, 0.5) is 0 Å². The van der Waals surface area contributed by atoms with E-state index in [1.165, 1.54) is 13.0 Å². The second-order valence-corrected chi connectivity index (χ2v) is 4.31. The Morgan fingerprint density at radius 3 is 2.56 bits per heavy atom. The molecule has 0 aliphatic carbocycles. The summed E-state index contributed by atoms with van der Waals surface area (Å²) in [7, 11) is 2.02. The van der Waals surface area contributed by atoms with Crippen LogP contribution in [-0.4, -0.2) is 57.6 Å². The maximum atomic E-state index is 5.56. The number of nitrogens with zero attached hydrogens (tertiary/aromatic N) is 1. The van der Waals surface area contributed by atoms with Gasteiger partial charge in [0, 0.05) is 26.3 Å². The zero-order valence-electron chi connectivity index (χ0n) is 10.9. The minimum Gasteiger partial charge on any atom is -0.352 e. The minimum atomic E-state index is -0.0525. The Morgan fingerprint density at radius 1 is 1.31 bits per heavy atom. The Bertz CT molecular complexity index is 172. The SMILES string of the molecule is CCOC(CN1CCC(CNC)C1)OCC. The van der Waals surface area contributed by atoms with Gasteiger partial charge in [-0.2, -0.15) is 0 Å². The molecule has 1 unspecified atom stereocenters. The zero-order valence-corrected chi connectivity index (χ0v) is 10.9. The first kappa shape index (κ1) is 13.9. The van der Waals surface area contributed by atoms with Crippen molar-refractivity contribution >= 4 is 0 Å². The summed E-state index contributed by atoms with van der Waals surface area (Å²) in [6, 6.07) is 0. The first-order valence-corrected chi connectivity index (χ1v) is 6.40. The molecule has 1 aliphatic rings. The lowest BCUT2D eigenvalue weighted by atomic mass is 10.1. The third-order valence-electron chi connectivity index (χ3n) is 2.98. The Balaban J connectivity index is 2.24. The van der Waals surface area contributed by atoms with Gasteiger partial charge in [0.2, 0.25) is 0 Å². The molecule has 96 valence electrons. The highest BCUT2D eigenvalue weighted by atomic mass is 16.7. The molecule has 4 nitrogen and oxygen atoms in total. The summed E-state index contributed by atoms with van der Waals surface area (Å²) < 4.78 is 11.1. The molecule has 1 aliphatic heterocycles. The molecular formula is C12H26N2O2. The topological polar surface area (TPSA) is 33.7 Å². The minimum absolute atomic E-state index is 0.0525. The van der Waals surface area contributed by atoms with Gasteiger partial charge in [0.05, 0.1) is 0 Å². The molecule has 0 aromatic carbocycles. The van der Waals surface area contributed by atoms with E-state index in [2.05, 4.69) is 10.2 Å². The largest absolute Gasteiger partial charge is 0.352 e. The molecule has 0 aromatic heterocycles. The molecule has 0 aromatic rings. The number of hydrogen-bond donors (Lipinski definition) is 1. The predicted molar refractivity (Wildman–Crippen MR) is 65.5 cm³/mol. The Kier molecular flexibility index (Phi) is 6.96. The number of likely N-dealkylation sites (tertiary alicyclic amines) is 1. The first-order chi connectivity index (χ1) is 7.80. The normalized spacial score (nSPS) is 22.1. The van der Waals surface area contributed by atoms with Gasteiger partial charge in [0.15, 0.2) is 6.29 Å². The van der Waals surface area contributed by atoms with Crippen LogP contribution in [0, 0.1) is 5.92 Å². The van der Waals surface area contributed by atoms with Gasteiger partial charge in [-0.05, 0) is 46.3 Å². The van der Waals surface area contributed by atoms with Crippen LogP contribution in [0.1, 0.15) is 20.3 Å². The Morgan fingerprint density at radius 2 is 2.00 bits per heavy atom. The van der Waals surface area contributed by atoms with E-state index < -0.39 is 0 Å². The van der Waals surface area contributed by atoms with E-state index in [1.54, 1.807) is 0 Å². The fourth-order valence-corrected chi connectivity index (χ4v) is 2.27. The molecule has 4 heteroatoms. The van der Waals surface area contributed by atoms with E-state index in [1.807, 2.05) is 20.9 Å². The van der Waals surface area contributed by atoms with Crippen molar-refractivity contribution in [2.45, 2.75) is 26.6 Å². The fourth-order valence-electron chi connectivity index (χ4n) is 2.27. The van der Waals surface area contributed by atoms with Crippen LogP contribution in [0.2, 0.25) is 0 Å². The van der Waals surface area contributed by atoms with Crippen LogP contribution in [0.25, 0.3) is 0 Å². The van der Waals surface area contributed by atoms with E-state index in [0.717, 1.165) is 38.8 Å². The van der Waals surface area contributed by atoms with Gasteiger partial charge in [-0.1, -0.05) is 0 Å². The van der Waals surface area contributed by atoms with Crippen molar-refractivity contribution in [3.63, 3.8) is 0 Å². The molecule has 1 rings (SSSR count). The highest BCUT2D eigenvalue weighted by Gasteiger charge is 2.24. The van der Waals surface area contributed by atoms with Gasteiger partial charge in [-0.25, -0.2) is 0 Å². The first-order valence-electron chi connectivity index (χ1n) is 6.40. The van der Waals surface area contributed by atoms with Crippen molar-refractivity contribution in [1.29, 1.82) is 0 Å². The van der Waals surface area contributed by atoms with Gasteiger partial charge in [-0.15, -0.1) is 0 Å². The summed E-state index contributed by atoms with van der Waals surface area (Å²) in [4.78, 5) is 2.44. The second kappa shape index (κ2) is 8.01. The van der Waals surface area contributed by atoms with Gasteiger partial charge in [0.1, 0.15) is 0 Å². The Hall–Kier alpha value is -0.160. The molecule has 1 atom stereocenters. The van der Waals surface area contributed by atoms with Crippen LogP contribution in [-0.2, 0) is 9.47 Å². The molecule has 1 N–H and O–H groups in total. The molecular weight excluding hydrogens is 204 g/mol. The average Bonchev–Trinajstić information content (AvgIpc) is 2.67. The van der Waals surface area contributed by atoms with Crippen molar-refractivity contribution < 1.29 is 9.47 Å². The van der Waals surface area contributed by atoms with E-state index in [0.29, 0.717) is 0 Å². The van der Waals surface area contributed by atoms with Gasteiger partial charge < -0.3 is 14.8 Å². The zero-order chi connectivity index (χ0) is 11.8. The smallest absolute Gasteiger partial charge is 0.170 e. The average molecular weight is 230 g/mol. The second-order valence-electron chi connectivity index (χ2n) is 4.31. The lowest BCUT2D eigenvalue weighted by Gasteiger charge is -2.23. The molecule has 1 fully saturated rings. The maximum Gasteiger partial charge on any atom is 0.170 e. The number of ether oxygens (including phenoxy) is 2. The van der Waals surface area contributed by atoms with E-state index in [4.69, 9.17) is 9.47 Å². The molecule has 1 saturated heterocycles. The summed E-state index contributed by atoms with van der Waals surface area (Å²) in [6.07, 6.45) is 1.23. The van der Waals surface area contributed by atoms with Crippen LogP contribution >= 0.6 is 0 Å². The summed E-state index contributed by atoms with van der Waals surface area (Å²) in [5, 5.41) is 3.24. The van der Waals surface area contributed by atoms with Crippen molar-refractivity contribution in [1.82, 2.24) is 10.2 Å². The lowest BCUT2D eigenvalue weighted by Crippen LogP contribution is -2.35. The molecule has 0 bridgehead atoms. The predicted octanol–water partition coefficient (Wildman–Crippen LogP) is 0.927. The van der Waals surface area contributed by atoms with Gasteiger partial charge in [0.25, 0.3) is 0 Å². The maximum absolute atomic E-state index is 5.56. The summed E-state index contributed by atoms with van der Waals surface area (Å²) in [6.45, 7) is 9.82. The van der Waals surface area contributed by atoms with Gasteiger partial charge >= 0.3 is 0 Å². The molecule has 0 amide bonds. The summed E-state index contributed by atoms with van der Waals surface area (Å²) in [5.41, 5.74) is 0. The molecule has 1 heterocycles. The van der Waals surface area contributed by atoms with E-state index >= 15 is 0 Å². The Labute approximate surface area is 99.3 Å².